The summed E-state index contributed by atoms with van der Waals surface area (Å²) in [4.78, 5) is 72.9. The number of carbonyl (C=O) groups is 4. The van der Waals surface area contributed by atoms with Crippen LogP contribution < -0.4 is 0 Å². The molecule has 3 unspecified atom stereocenters. The zero-order valence-electron chi connectivity index (χ0n) is 67.8. The van der Waals surface area contributed by atoms with Gasteiger partial charge in [0.2, 0.25) is 0 Å². The van der Waals surface area contributed by atoms with E-state index in [4.69, 9.17) is 37.0 Å². The molecule has 0 aromatic heterocycles. The van der Waals surface area contributed by atoms with E-state index < -0.39 is 97.5 Å². The first kappa shape index (κ1) is 101. The molecule has 0 spiro atoms. The Bertz CT molecular complexity index is 1990. The molecule has 0 aromatic rings. The number of unbranched alkanes of at least 4 members (excludes halogenated alkanes) is 49. The maximum absolute atomic E-state index is 13.1. The number of carbonyl (C=O) groups excluding carboxylic acids is 4. The lowest BCUT2D eigenvalue weighted by Crippen LogP contribution is -2.30. The van der Waals surface area contributed by atoms with Crippen molar-refractivity contribution in [2.45, 2.75) is 458 Å². The summed E-state index contributed by atoms with van der Waals surface area (Å²) < 4.78 is 68.7. The number of hydrogen-bond donors (Lipinski definition) is 3. The lowest BCUT2D eigenvalue weighted by atomic mass is 9.99. The third-order valence-corrected chi connectivity index (χ3v) is 21.9. The van der Waals surface area contributed by atoms with Crippen LogP contribution in [0.2, 0.25) is 0 Å². The van der Waals surface area contributed by atoms with Crippen molar-refractivity contribution >= 4 is 39.5 Å². The fourth-order valence-electron chi connectivity index (χ4n) is 13.0. The summed E-state index contributed by atoms with van der Waals surface area (Å²) >= 11 is 0. The number of ether oxygens (including phenoxy) is 4. The van der Waals surface area contributed by atoms with Crippen LogP contribution in [-0.2, 0) is 65.4 Å². The Kier molecular flexibility index (Phi) is 72.8. The van der Waals surface area contributed by atoms with Crippen LogP contribution in [0.15, 0.2) is 0 Å². The molecule has 0 fully saturated rings. The topological polar surface area (TPSA) is 237 Å². The highest BCUT2D eigenvalue weighted by Crippen LogP contribution is 2.45. The maximum Gasteiger partial charge on any atom is 0.472 e. The summed E-state index contributed by atoms with van der Waals surface area (Å²) in [5.41, 5.74) is 0. The zero-order chi connectivity index (χ0) is 75.8. The van der Waals surface area contributed by atoms with Gasteiger partial charge in [-0.3, -0.25) is 37.3 Å². The number of hydrogen-bond acceptors (Lipinski definition) is 15. The largest absolute Gasteiger partial charge is 0.472 e. The minimum atomic E-state index is -4.96. The van der Waals surface area contributed by atoms with E-state index in [2.05, 4.69) is 48.5 Å². The summed E-state index contributed by atoms with van der Waals surface area (Å²) in [5.74, 6) is 0.333. The first-order valence-electron chi connectivity index (χ1n) is 43.4. The van der Waals surface area contributed by atoms with Crippen molar-refractivity contribution in [2.75, 3.05) is 39.6 Å². The molecule has 0 rings (SSSR count). The molecule has 0 aliphatic heterocycles. The lowest BCUT2D eigenvalue weighted by molar-refractivity contribution is -0.161. The average molecular weight is 1510 g/mol. The molecular formula is C84H164O17P2. The highest BCUT2D eigenvalue weighted by Gasteiger charge is 2.30. The van der Waals surface area contributed by atoms with Crippen LogP contribution in [0.25, 0.3) is 0 Å². The van der Waals surface area contributed by atoms with Crippen molar-refractivity contribution in [3.05, 3.63) is 0 Å². The third kappa shape index (κ3) is 76.6. The van der Waals surface area contributed by atoms with Gasteiger partial charge in [-0.2, -0.15) is 0 Å². The van der Waals surface area contributed by atoms with Crippen LogP contribution in [0, 0.1) is 17.8 Å². The summed E-state index contributed by atoms with van der Waals surface area (Å²) in [6, 6.07) is 0. The molecule has 0 bridgehead atoms. The quantitative estimate of drug-likeness (QED) is 0.0222. The van der Waals surface area contributed by atoms with Crippen molar-refractivity contribution in [1.29, 1.82) is 0 Å². The van der Waals surface area contributed by atoms with Gasteiger partial charge in [-0.05, 0) is 43.4 Å². The summed E-state index contributed by atoms with van der Waals surface area (Å²) in [5, 5.41) is 10.6. The minimum absolute atomic E-state index is 0.106. The normalized spacial score (nSPS) is 14.2. The summed E-state index contributed by atoms with van der Waals surface area (Å²) in [7, 11) is -9.92. The summed E-state index contributed by atoms with van der Waals surface area (Å²) in [6.07, 6.45) is 64.1. The monoisotopic (exact) mass is 1510 g/mol. The van der Waals surface area contributed by atoms with Gasteiger partial charge in [0.1, 0.15) is 19.3 Å². The molecule has 0 radical (unpaired) electrons. The lowest BCUT2D eigenvalue weighted by Gasteiger charge is -2.21. The van der Waals surface area contributed by atoms with E-state index in [-0.39, 0.29) is 25.7 Å². The smallest absolute Gasteiger partial charge is 0.462 e. The molecule has 6 atom stereocenters. The zero-order valence-corrected chi connectivity index (χ0v) is 69.6. The van der Waals surface area contributed by atoms with Gasteiger partial charge in [0, 0.05) is 25.7 Å². The van der Waals surface area contributed by atoms with Gasteiger partial charge in [-0.15, -0.1) is 0 Å². The molecule has 0 saturated carbocycles. The average Bonchev–Trinajstić information content (AvgIpc) is 0.920. The fourth-order valence-corrected chi connectivity index (χ4v) is 14.6. The first-order valence-corrected chi connectivity index (χ1v) is 46.4. The highest BCUT2D eigenvalue weighted by molar-refractivity contribution is 7.47. The molecule has 17 nitrogen and oxygen atoms in total. The van der Waals surface area contributed by atoms with Gasteiger partial charge < -0.3 is 33.8 Å². The summed E-state index contributed by atoms with van der Waals surface area (Å²) in [6.45, 7) is 12.0. The van der Waals surface area contributed by atoms with Crippen molar-refractivity contribution in [1.82, 2.24) is 0 Å². The Morgan fingerprint density at radius 2 is 0.495 bits per heavy atom. The van der Waals surface area contributed by atoms with E-state index in [1.54, 1.807) is 0 Å². The molecule has 3 N–H and O–H groups in total. The van der Waals surface area contributed by atoms with Gasteiger partial charge in [0.15, 0.2) is 12.2 Å². The Hall–Kier alpha value is -1.94. The molecule has 0 aliphatic rings. The van der Waals surface area contributed by atoms with Crippen LogP contribution >= 0.6 is 15.6 Å². The SMILES string of the molecule is CCCCCCCCCC(=O)OC[C@H](COP(=O)(O)OC[C@H](O)COP(=O)(O)OC[C@@H](COC(=O)CCCCCCCCCCCCCCCCCCCCC(C)C)OC(=O)CCCCCCCCCCCCCCCCCCCCC(C)CC)OC(=O)CCCCCCCCCCCCC(C)C. The van der Waals surface area contributed by atoms with Crippen LogP contribution in [0.3, 0.4) is 0 Å². The Morgan fingerprint density at radius 3 is 0.738 bits per heavy atom. The number of aliphatic hydroxyl groups excluding tert-OH is 1. The van der Waals surface area contributed by atoms with E-state index in [1.807, 2.05) is 0 Å². The Morgan fingerprint density at radius 1 is 0.282 bits per heavy atom. The predicted molar refractivity (Wildman–Crippen MR) is 423 cm³/mol. The van der Waals surface area contributed by atoms with E-state index in [1.165, 1.54) is 238 Å². The third-order valence-electron chi connectivity index (χ3n) is 20.0. The highest BCUT2D eigenvalue weighted by atomic mass is 31.2. The van der Waals surface area contributed by atoms with Crippen molar-refractivity contribution in [3.63, 3.8) is 0 Å². The number of phosphoric acid groups is 2. The fraction of sp³-hybridized carbons (Fsp3) is 0.952. The van der Waals surface area contributed by atoms with Crippen molar-refractivity contribution in [2.24, 2.45) is 17.8 Å². The molecule has 103 heavy (non-hydrogen) atoms. The molecule has 19 heteroatoms. The minimum Gasteiger partial charge on any atom is -0.462 e. The second-order valence-corrected chi connectivity index (χ2v) is 34.3. The number of aliphatic hydroxyl groups is 1. The van der Waals surface area contributed by atoms with E-state index in [0.29, 0.717) is 25.7 Å². The van der Waals surface area contributed by atoms with E-state index in [0.717, 1.165) is 120 Å². The Balaban J connectivity index is 5.15. The second-order valence-electron chi connectivity index (χ2n) is 31.4. The number of esters is 4. The van der Waals surface area contributed by atoms with Gasteiger partial charge in [0.05, 0.1) is 26.4 Å². The van der Waals surface area contributed by atoms with E-state index >= 15 is 0 Å². The molecule has 0 heterocycles. The van der Waals surface area contributed by atoms with Gasteiger partial charge >= 0.3 is 39.5 Å². The second kappa shape index (κ2) is 74.2. The van der Waals surface area contributed by atoms with Gasteiger partial charge in [-0.25, -0.2) is 9.13 Å². The molecule has 0 aromatic carbocycles. The van der Waals surface area contributed by atoms with E-state index in [9.17, 15) is 43.2 Å². The van der Waals surface area contributed by atoms with Crippen LogP contribution in [-0.4, -0.2) is 96.7 Å². The van der Waals surface area contributed by atoms with Crippen LogP contribution in [0.5, 0.6) is 0 Å². The molecular weight excluding hydrogens is 1340 g/mol. The molecule has 0 amide bonds. The van der Waals surface area contributed by atoms with Crippen LogP contribution in [0.1, 0.15) is 440 Å². The molecule has 0 aliphatic carbocycles. The van der Waals surface area contributed by atoms with Gasteiger partial charge in [0.25, 0.3) is 0 Å². The van der Waals surface area contributed by atoms with Crippen molar-refractivity contribution in [3.8, 4) is 0 Å². The standard InChI is InChI=1S/C84H164O17P2/c1-8-10-11-12-41-51-58-65-81(86)94-71-79(100-84(89)68-61-54-47-40-34-33-36-43-49-56-63-76(5)6)73-98-102(90,91)96-69-78(85)70-97-103(92,93)99-74-80(72-95-82(87)66-59-52-45-38-31-27-23-19-15-13-17-21-25-29-35-42-48-55-62-75(3)4)101-83(88)67-60-53-46-39-32-28-24-20-16-14-18-22-26-30-37-44-50-57-64-77(7)9-2/h75-80,85H,8-74H2,1-7H3,(H,90,91)(H,92,93)/t77?,78-,79+,80+/m0/s1. The number of rotatable bonds is 82. The molecule has 612 valence electrons. The van der Waals surface area contributed by atoms with Gasteiger partial charge in [-0.1, -0.05) is 389 Å². The Labute approximate surface area is 632 Å². The predicted octanol–water partition coefficient (Wildman–Crippen LogP) is 25.3. The van der Waals surface area contributed by atoms with Crippen LogP contribution in [0.4, 0.5) is 0 Å². The maximum atomic E-state index is 13.1. The molecule has 0 saturated heterocycles. The van der Waals surface area contributed by atoms with Crippen molar-refractivity contribution < 1.29 is 80.2 Å². The number of phosphoric ester groups is 2. The first-order chi connectivity index (χ1) is 49.8.